The number of fused-ring (bicyclic) bond motifs is 1. The van der Waals surface area contributed by atoms with Crippen LogP contribution in [0, 0.1) is 0 Å². The summed E-state index contributed by atoms with van der Waals surface area (Å²) in [6.07, 6.45) is 2.03. The maximum Gasteiger partial charge on any atom is 0.303 e. The number of carboxylic acid groups (broad SMARTS) is 1. The number of nitrogens with zero attached hydrogens (tertiary/aromatic N) is 3. The number of rotatable bonds is 5. The summed E-state index contributed by atoms with van der Waals surface area (Å²) in [5.74, 6) is -1.96. The highest BCUT2D eigenvalue weighted by Crippen LogP contribution is 2.13. The van der Waals surface area contributed by atoms with E-state index in [2.05, 4.69) is 10.3 Å². The van der Waals surface area contributed by atoms with E-state index in [0.29, 0.717) is 26.3 Å². The topological polar surface area (TPSA) is 130 Å². The molecule has 1 aliphatic rings. The van der Waals surface area contributed by atoms with Gasteiger partial charge >= 0.3 is 5.97 Å². The molecule has 0 spiro atoms. The van der Waals surface area contributed by atoms with Gasteiger partial charge in [0.05, 0.1) is 31.4 Å². The predicted octanol–water partition coefficient (Wildman–Crippen LogP) is -0.0298. The van der Waals surface area contributed by atoms with Crippen molar-refractivity contribution < 1.29 is 24.2 Å². The molecule has 142 valence electrons. The smallest absolute Gasteiger partial charge is 0.303 e. The standard InChI is InChI=1S/C17H18N4O6/c22-13(3-4-14(23)24)19-12-10-18-15-11(2-1-5-21(15)17(12)26)16(25)20-6-8-27-9-7-20/h1-2,5,10H,3-4,6-9H2,(H,19,22)(H,23,24). The Morgan fingerprint density at radius 3 is 2.67 bits per heavy atom. The van der Waals surface area contributed by atoms with Crippen molar-refractivity contribution in [1.82, 2.24) is 14.3 Å². The van der Waals surface area contributed by atoms with Gasteiger partial charge in [0.2, 0.25) is 5.91 Å². The summed E-state index contributed by atoms with van der Waals surface area (Å²) in [6.45, 7) is 1.83. The van der Waals surface area contributed by atoms with Crippen LogP contribution in [0.3, 0.4) is 0 Å². The number of morpholine rings is 1. The van der Waals surface area contributed by atoms with E-state index in [1.165, 1.54) is 16.8 Å². The number of hydrogen-bond donors (Lipinski definition) is 2. The van der Waals surface area contributed by atoms with Crippen LogP contribution >= 0.6 is 0 Å². The second-order valence-electron chi connectivity index (χ2n) is 5.94. The fourth-order valence-corrected chi connectivity index (χ4v) is 2.73. The second-order valence-corrected chi connectivity index (χ2v) is 5.94. The van der Waals surface area contributed by atoms with Crippen molar-refractivity contribution in [2.75, 3.05) is 31.6 Å². The summed E-state index contributed by atoms with van der Waals surface area (Å²) >= 11 is 0. The number of carbonyl (C=O) groups is 3. The van der Waals surface area contributed by atoms with Crippen molar-refractivity contribution in [3.63, 3.8) is 0 Å². The highest BCUT2D eigenvalue weighted by atomic mass is 16.5. The van der Waals surface area contributed by atoms with E-state index in [0.717, 1.165) is 0 Å². The van der Waals surface area contributed by atoms with Gasteiger partial charge in [-0.2, -0.15) is 0 Å². The van der Waals surface area contributed by atoms with Crippen molar-refractivity contribution in [2.24, 2.45) is 0 Å². The molecule has 10 heteroatoms. The number of anilines is 1. The third-order valence-electron chi connectivity index (χ3n) is 4.10. The maximum absolute atomic E-state index is 12.7. The van der Waals surface area contributed by atoms with Crippen LogP contribution in [0.1, 0.15) is 23.2 Å². The third-order valence-corrected chi connectivity index (χ3v) is 4.10. The number of carboxylic acids is 1. The molecular weight excluding hydrogens is 356 g/mol. The Hall–Kier alpha value is -3.27. The fourth-order valence-electron chi connectivity index (χ4n) is 2.73. The molecule has 2 aromatic rings. The van der Waals surface area contributed by atoms with Crippen LogP contribution in [0.4, 0.5) is 5.69 Å². The van der Waals surface area contributed by atoms with E-state index in [9.17, 15) is 19.2 Å². The number of nitrogens with one attached hydrogen (secondary N) is 1. The van der Waals surface area contributed by atoms with Crippen LogP contribution in [-0.2, 0) is 14.3 Å². The molecule has 1 aliphatic heterocycles. The first-order chi connectivity index (χ1) is 13.0. The SMILES string of the molecule is O=C(O)CCC(=O)Nc1cnc2c(C(=O)N3CCOCC3)cccn2c1=O. The van der Waals surface area contributed by atoms with Crippen LogP contribution in [0.2, 0.25) is 0 Å². The summed E-state index contributed by atoms with van der Waals surface area (Å²) in [5, 5.41) is 11.0. The minimum Gasteiger partial charge on any atom is -0.481 e. The highest BCUT2D eigenvalue weighted by Gasteiger charge is 2.22. The van der Waals surface area contributed by atoms with Crippen molar-refractivity contribution in [3.05, 3.63) is 40.4 Å². The van der Waals surface area contributed by atoms with Gasteiger partial charge in [0.25, 0.3) is 11.5 Å². The van der Waals surface area contributed by atoms with E-state index in [1.54, 1.807) is 17.0 Å². The van der Waals surface area contributed by atoms with Gasteiger partial charge in [-0.3, -0.25) is 23.6 Å². The van der Waals surface area contributed by atoms with E-state index >= 15 is 0 Å². The van der Waals surface area contributed by atoms with Crippen molar-refractivity contribution in [3.8, 4) is 0 Å². The molecule has 2 aromatic heterocycles. The van der Waals surface area contributed by atoms with E-state index < -0.39 is 17.4 Å². The lowest BCUT2D eigenvalue weighted by Crippen LogP contribution is -2.41. The van der Waals surface area contributed by atoms with Gasteiger partial charge in [0, 0.05) is 25.7 Å². The largest absolute Gasteiger partial charge is 0.481 e. The second kappa shape index (κ2) is 7.96. The fraction of sp³-hybridized carbons (Fsp3) is 0.353. The van der Waals surface area contributed by atoms with Gasteiger partial charge in [-0.05, 0) is 12.1 Å². The minimum absolute atomic E-state index is 0.0844. The van der Waals surface area contributed by atoms with Crippen LogP contribution in [-0.4, -0.2) is 63.5 Å². The Bertz CT molecular complexity index is 948. The molecule has 3 rings (SSSR count). The number of pyridine rings is 1. The van der Waals surface area contributed by atoms with Gasteiger partial charge < -0.3 is 20.1 Å². The first-order valence-electron chi connectivity index (χ1n) is 8.36. The van der Waals surface area contributed by atoms with Gasteiger partial charge in [0.15, 0.2) is 5.65 Å². The molecular formula is C17H18N4O6. The zero-order chi connectivity index (χ0) is 19.4. The lowest BCUT2D eigenvalue weighted by atomic mass is 10.2. The average Bonchev–Trinajstić information content (AvgIpc) is 2.68. The normalized spacial score (nSPS) is 14.1. The number of aromatic nitrogens is 2. The zero-order valence-electron chi connectivity index (χ0n) is 14.4. The first kappa shape index (κ1) is 18.5. The number of amides is 2. The summed E-state index contributed by atoms with van der Waals surface area (Å²) in [5.41, 5.74) is -0.179. The minimum atomic E-state index is -1.11. The monoisotopic (exact) mass is 374 g/mol. The number of aliphatic carboxylic acids is 1. The Labute approximate surface area is 153 Å². The first-order valence-corrected chi connectivity index (χ1v) is 8.36. The van der Waals surface area contributed by atoms with E-state index in [-0.39, 0.29) is 35.6 Å². The molecule has 10 nitrogen and oxygen atoms in total. The third kappa shape index (κ3) is 4.11. The molecule has 0 aliphatic carbocycles. The van der Waals surface area contributed by atoms with Crippen molar-refractivity contribution in [2.45, 2.75) is 12.8 Å². The van der Waals surface area contributed by atoms with E-state index in [1.807, 2.05) is 0 Å². The molecule has 2 amide bonds. The average molecular weight is 374 g/mol. The predicted molar refractivity (Wildman–Crippen MR) is 93.7 cm³/mol. The van der Waals surface area contributed by atoms with Crippen LogP contribution in [0.25, 0.3) is 5.65 Å². The lowest BCUT2D eigenvalue weighted by molar-refractivity contribution is -0.138. The Balaban J connectivity index is 1.88. The van der Waals surface area contributed by atoms with Gasteiger partial charge in [-0.25, -0.2) is 4.98 Å². The molecule has 1 saturated heterocycles. The lowest BCUT2D eigenvalue weighted by Gasteiger charge is -2.27. The quantitative estimate of drug-likeness (QED) is 0.751. The van der Waals surface area contributed by atoms with Crippen molar-refractivity contribution >= 4 is 29.1 Å². The molecule has 3 heterocycles. The van der Waals surface area contributed by atoms with Crippen LogP contribution in [0.15, 0.2) is 29.3 Å². The number of hydrogen-bond acceptors (Lipinski definition) is 6. The van der Waals surface area contributed by atoms with Gasteiger partial charge in [0.1, 0.15) is 5.69 Å². The molecule has 0 atom stereocenters. The van der Waals surface area contributed by atoms with Crippen molar-refractivity contribution in [1.29, 1.82) is 0 Å². The molecule has 1 fully saturated rings. The van der Waals surface area contributed by atoms with Gasteiger partial charge in [-0.1, -0.05) is 0 Å². The molecule has 0 unspecified atom stereocenters. The Kier molecular flexibility index (Phi) is 5.46. The molecule has 27 heavy (non-hydrogen) atoms. The molecule has 2 N–H and O–H groups in total. The van der Waals surface area contributed by atoms with E-state index in [4.69, 9.17) is 9.84 Å². The molecule has 0 saturated carbocycles. The zero-order valence-corrected chi connectivity index (χ0v) is 14.4. The Morgan fingerprint density at radius 2 is 1.96 bits per heavy atom. The number of ether oxygens (including phenoxy) is 1. The highest BCUT2D eigenvalue weighted by molar-refractivity contribution is 6.00. The Morgan fingerprint density at radius 1 is 1.22 bits per heavy atom. The van der Waals surface area contributed by atoms with Gasteiger partial charge in [-0.15, -0.1) is 0 Å². The summed E-state index contributed by atoms with van der Waals surface area (Å²) in [7, 11) is 0. The summed E-state index contributed by atoms with van der Waals surface area (Å²) in [4.78, 5) is 53.4. The number of carbonyl (C=O) groups excluding carboxylic acids is 2. The summed E-state index contributed by atoms with van der Waals surface area (Å²) < 4.78 is 6.42. The maximum atomic E-state index is 12.7. The summed E-state index contributed by atoms with van der Waals surface area (Å²) in [6, 6.07) is 3.14. The van der Waals surface area contributed by atoms with Crippen LogP contribution in [0.5, 0.6) is 0 Å². The molecule has 0 radical (unpaired) electrons. The van der Waals surface area contributed by atoms with Crippen LogP contribution < -0.4 is 10.9 Å². The molecule has 0 bridgehead atoms. The molecule has 0 aromatic carbocycles.